The van der Waals surface area contributed by atoms with Gasteiger partial charge in [-0.2, -0.15) is 5.10 Å². The van der Waals surface area contributed by atoms with E-state index in [4.69, 9.17) is 0 Å². The first-order valence-corrected chi connectivity index (χ1v) is 7.94. The SMILES string of the molecule is O=c1cc(N2CCc3ccccc3C2)cnn1Cc1ncccn1. The van der Waals surface area contributed by atoms with E-state index < -0.39 is 0 Å². The molecule has 3 aromatic rings. The number of nitrogens with zero attached hydrogens (tertiary/aromatic N) is 5. The fraction of sp³-hybridized carbons (Fsp3) is 0.222. The molecule has 0 radical (unpaired) electrons. The predicted octanol–water partition coefficient (Wildman–Crippen LogP) is 1.64. The maximum absolute atomic E-state index is 12.4. The van der Waals surface area contributed by atoms with Gasteiger partial charge in [0, 0.05) is 31.5 Å². The van der Waals surface area contributed by atoms with E-state index in [0.29, 0.717) is 5.82 Å². The second-order valence-electron chi connectivity index (χ2n) is 5.81. The second kappa shape index (κ2) is 6.23. The van der Waals surface area contributed by atoms with Crippen molar-refractivity contribution >= 4 is 5.69 Å². The summed E-state index contributed by atoms with van der Waals surface area (Å²) in [5, 5.41) is 4.29. The van der Waals surface area contributed by atoms with E-state index in [-0.39, 0.29) is 12.1 Å². The normalized spacial score (nSPS) is 13.6. The molecule has 2 aromatic heterocycles. The summed E-state index contributed by atoms with van der Waals surface area (Å²) in [5.74, 6) is 0.576. The smallest absolute Gasteiger partial charge is 0.269 e. The van der Waals surface area contributed by atoms with Crippen molar-refractivity contribution < 1.29 is 0 Å². The van der Waals surface area contributed by atoms with Crippen LogP contribution in [0, 0.1) is 0 Å². The molecule has 6 heteroatoms. The fourth-order valence-corrected chi connectivity index (χ4v) is 2.98. The van der Waals surface area contributed by atoms with Crippen molar-refractivity contribution in [2.75, 3.05) is 11.4 Å². The van der Waals surface area contributed by atoms with Crippen LogP contribution in [0.1, 0.15) is 17.0 Å². The van der Waals surface area contributed by atoms with Gasteiger partial charge in [0.1, 0.15) is 12.4 Å². The second-order valence-corrected chi connectivity index (χ2v) is 5.81. The summed E-state index contributed by atoms with van der Waals surface area (Å²) in [6.07, 6.45) is 6.05. The first kappa shape index (κ1) is 14.6. The van der Waals surface area contributed by atoms with E-state index in [9.17, 15) is 4.79 Å². The largest absolute Gasteiger partial charge is 0.365 e. The number of hydrogen-bond acceptors (Lipinski definition) is 5. The van der Waals surface area contributed by atoms with Crippen LogP contribution in [-0.4, -0.2) is 26.3 Å². The summed E-state index contributed by atoms with van der Waals surface area (Å²) in [6.45, 7) is 1.98. The summed E-state index contributed by atoms with van der Waals surface area (Å²) in [5.41, 5.74) is 3.42. The standard InChI is InChI=1S/C18H17N5O/c24-18-10-16(11-21-23(18)13-17-19-7-3-8-20-17)22-9-6-14-4-1-2-5-15(14)12-22/h1-5,7-8,10-11H,6,9,12-13H2. The van der Waals surface area contributed by atoms with E-state index in [1.165, 1.54) is 15.8 Å². The Morgan fingerprint density at radius 1 is 1.04 bits per heavy atom. The molecule has 6 nitrogen and oxygen atoms in total. The summed E-state index contributed by atoms with van der Waals surface area (Å²) >= 11 is 0. The van der Waals surface area contributed by atoms with Gasteiger partial charge in [0.25, 0.3) is 5.56 Å². The molecule has 3 heterocycles. The fourth-order valence-electron chi connectivity index (χ4n) is 2.98. The van der Waals surface area contributed by atoms with Crippen LogP contribution in [0.3, 0.4) is 0 Å². The van der Waals surface area contributed by atoms with Crippen molar-refractivity contribution in [1.82, 2.24) is 19.7 Å². The van der Waals surface area contributed by atoms with Gasteiger partial charge in [-0.25, -0.2) is 14.6 Å². The third-order valence-electron chi connectivity index (χ3n) is 4.26. The van der Waals surface area contributed by atoms with Crippen LogP contribution in [0.25, 0.3) is 0 Å². The lowest BCUT2D eigenvalue weighted by atomic mass is 10.00. The van der Waals surface area contributed by atoms with E-state index in [1.807, 2.05) is 0 Å². The Labute approximate surface area is 139 Å². The zero-order valence-electron chi connectivity index (χ0n) is 13.2. The quantitative estimate of drug-likeness (QED) is 0.734. The van der Waals surface area contributed by atoms with Gasteiger partial charge in [-0.3, -0.25) is 4.79 Å². The number of rotatable bonds is 3. The monoisotopic (exact) mass is 319 g/mol. The van der Waals surface area contributed by atoms with Gasteiger partial charge in [0.05, 0.1) is 11.9 Å². The lowest BCUT2D eigenvalue weighted by molar-refractivity contribution is 0.609. The molecule has 0 fully saturated rings. The van der Waals surface area contributed by atoms with Crippen molar-refractivity contribution in [3.63, 3.8) is 0 Å². The molecule has 0 amide bonds. The number of benzene rings is 1. The van der Waals surface area contributed by atoms with Gasteiger partial charge >= 0.3 is 0 Å². The van der Waals surface area contributed by atoms with E-state index in [1.54, 1.807) is 30.7 Å². The van der Waals surface area contributed by atoms with Crippen molar-refractivity contribution in [3.8, 4) is 0 Å². The molecule has 0 unspecified atom stereocenters. The molecule has 24 heavy (non-hydrogen) atoms. The Kier molecular flexibility index (Phi) is 3.78. The molecule has 0 atom stereocenters. The highest BCUT2D eigenvalue weighted by atomic mass is 16.1. The molecule has 0 aliphatic carbocycles. The molecule has 0 bridgehead atoms. The minimum atomic E-state index is -0.140. The topological polar surface area (TPSA) is 63.9 Å². The summed E-state index contributed by atoms with van der Waals surface area (Å²) in [4.78, 5) is 22.8. The summed E-state index contributed by atoms with van der Waals surface area (Å²) < 4.78 is 1.39. The summed E-state index contributed by atoms with van der Waals surface area (Å²) in [7, 11) is 0. The summed E-state index contributed by atoms with van der Waals surface area (Å²) in [6, 6.07) is 11.8. The van der Waals surface area contributed by atoms with Crippen LogP contribution in [-0.2, 0) is 19.5 Å². The Morgan fingerprint density at radius 2 is 1.83 bits per heavy atom. The molecule has 0 N–H and O–H groups in total. The average molecular weight is 319 g/mol. The van der Waals surface area contributed by atoms with Crippen molar-refractivity contribution in [1.29, 1.82) is 0 Å². The first-order chi connectivity index (χ1) is 11.8. The third-order valence-corrected chi connectivity index (χ3v) is 4.26. The molecule has 0 spiro atoms. The van der Waals surface area contributed by atoms with Crippen LogP contribution in [0.15, 0.2) is 59.8 Å². The molecular weight excluding hydrogens is 302 g/mol. The maximum atomic E-state index is 12.4. The zero-order valence-corrected chi connectivity index (χ0v) is 13.2. The number of anilines is 1. The molecule has 4 rings (SSSR count). The van der Waals surface area contributed by atoms with Gasteiger partial charge in [-0.05, 0) is 23.6 Å². The number of aromatic nitrogens is 4. The van der Waals surface area contributed by atoms with Crippen LogP contribution >= 0.6 is 0 Å². The van der Waals surface area contributed by atoms with Gasteiger partial charge < -0.3 is 4.90 Å². The highest BCUT2D eigenvalue weighted by Gasteiger charge is 2.17. The number of fused-ring (bicyclic) bond motifs is 1. The molecule has 0 saturated heterocycles. The minimum Gasteiger partial charge on any atom is -0.365 e. The van der Waals surface area contributed by atoms with Crippen LogP contribution in [0.2, 0.25) is 0 Å². The highest BCUT2D eigenvalue weighted by Crippen LogP contribution is 2.22. The van der Waals surface area contributed by atoms with E-state index >= 15 is 0 Å². The lowest BCUT2D eigenvalue weighted by Gasteiger charge is -2.30. The molecule has 120 valence electrons. The van der Waals surface area contributed by atoms with Crippen molar-refractivity contribution in [3.05, 3.63) is 82.3 Å². The predicted molar refractivity (Wildman–Crippen MR) is 90.8 cm³/mol. The molecule has 1 aliphatic rings. The first-order valence-electron chi connectivity index (χ1n) is 7.94. The van der Waals surface area contributed by atoms with E-state index in [2.05, 4.69) is 44.2 Å². The van der Waals surface area contributed by atoms with Crippen LogP contribution in [0.4, 0.5) is 5.69 Å². The van der Waals surface area contributed by atoms with Gasteiger partial charge in [0.2, 0.25) is 0 Å². The Hall–Kier alpha value is -3.02. The average Bonchev–Trinajstić information content (AvgIpc) is 2.64. The zero-order chi connectivity index (χ0) is 16.4. The molecule has 1 aromatic carbocycles. The van der Waals surface area contributed by atoms with E-state index in [0.717, 1.165) is 25.2 Å². The molecular formula is C18H17N5O. The Balaban J connectivity index is 1.56. The Morgan fingerprint density at radius 3 is 2.62 bits per heavy atom. The molecule has 0 saturated carbocycles. The Bertz CT molecular complexity index is 907. The third kappa shape index (κ3) is 2.90. The minimum absolute atomic E-state index is 0.140. The van der Waals surface area contributed by atoms with Gasteiger partial charge in [-0.1, -0.05) is 24.3 Å². The van der Waals surface area contributed by atoms with Crippen molar-refractivity contribution in [2.45, 2.75) is 19.5 Å². The maximum Gasteiger partial charge on any atom is 0.269 e. The van der Waals surface area contributed by atoms with Gasteiger partial charge in [0.15, 0.2) is 0 Å². The van der Waals surface area contributed by atoms with Crippen LogP contribution < -0.4 is 10.5 Å². The van der Waals surface area contributed by atoms with Crippen molar-refractivity contribution in [2.24, 2.45) is 0 Å². The lowest BCUT2D eigenvalue weighted by Crippen LogP contribution is -2.32. The highest BCUT2D eigenvalue weighted by molar-refractivity contribution is 5.47. The molecule has 1 aliphatic heterocycles. The van der Waals surface area contributed by atoms with Gasteiger partial charge in [-0.15, -0.1) is 0 Å². The number of hydrogen-bond donors (Lipinski definition) is 0. The van der Waals surface area contributed by atoms with Crippen LogP contribution in [0.5, 0.6) is 0 Å².